The molecule has 0 radical (unpaired) electrons. The van der Waals surface area contributed by atoms with Gasteiger partial charge in [-0.2, -0.15) is 4.98 Å². The van der Waals surface area contributed by atoms with Gasteiger partial charge in [-0.3, -0.25) is 0 Å². The quantitative estimate of drug-likeness (QED) is 0.869. The summed E-state index contributed by atoms with van der Waals surface area (Å²) in [5, 5.41) is 3.98. The summed E-state index contributed by atoms with van der Waals surface area (Å²) >= 11 is 0. The van der Waals surface area contributed by atoms with E-state index in [0.29, 0.717) is 11.7 Å². The highest BCUT2D eigenvalue weighted by molar-refractivity contribution is 5.85. The van der Waals surface area contributed by atoms with Crippen molar-refractivity contribution in [1.82, 2.24) is 10.1 Å². The summed E-state index contributed by atoms with van der Waals surface area (Å²) in [5.41, 5.74) is 5.98. The normalized spacial score (nSPS) is 18.8. The van der Waals surface area contributed by atoms with Gasteiger partial charge in [-0.25, -0.2) is 0 Å². The van der Waals surface area contributed by atoms with Gasteiger partial charge in [0.1, 0.15) is 0 Å². The number of nitrogens with zero attached hydrogens (tertiary/aromatic N) is 2. The number of hydrogen-bond acceptors (Lipinski definition) is 4. The first-order chi connectivity index (χ1) is 6.89. The molecule has 16 heavy (non-hydrogen) atoms. The Morgan fingerprint density at radius 1 is 1.38 bits per heavy atom. The van der Waals surface area contributed by atoms with Crippen LogP contribution >= 0.6 is 12.4 Å². The van der Waals surface area contributed by atoms with Crippen LogP contribution in [0.4, 0.5) is 0 Å². The highest BCUT2D eigenvalue weighted by Gasteiger charge is 2.39. The molecule has 0 aromatic carbocycles. The molecule has 0 saturated heterocycles. The molecule has 4 nitrogen and oxygen atoms in total. The molecule has 1 fully saturated rings. The van der Waals surface area contributed by atoms with Crippen LogP contribution in [-0.4, -0.2) is 10.1 Å². The van der Waals surface area contributed by atoms with E-state index in [4.69, 9.17) is 10.3 Å². The third kappa shape index (κ3) is 2.74. The van der Waals surface area contributed by atoms with Gasteiger partial charge in [0.15, 0.2) is 5.82 Å². The van der Waals surface area contributed by atoms with Crippen molar-refractivity contribution in [1.29, 1.82) is 0 Å². The maximum Gasteiger partial charge on any atom is 0.227 e. The fourth-order valence-electron chi connectivity index (χ4n) is 1.76. The standard InChI is InChI=1S/C11H19N3O.ClH/c1-10(2,3)7-8-13-9(14-15-8)11(12)5-4-6-11;/h4-7,12H2,1-3H3;1H. The van der Waals surface area contributed by atoms with Gasteiger partial charge in [0.05, 0.1) is 5.54 Å². The molecule has 2 rings (SSSR count). The van der Waals surface area contributed by atoms with Crippen LogP contribution in [0, 0.1) is 5.41 Å². The van der Waals surface area contributed by atoms with E-state index >= 15 is 0 Å². The average molecular weight is 246 g/mol. The smallest absolute Gasteiger partial charge is 0.227 e. The van der Waals surface area contributed by atoms with Crippen molar-refractivity contribution in [3.63, 3.8) is 0 Å². The van der Waals surface area contributed by atoms with Crippen molar-refractivity contribution < 1.29 is 4.52 Å². The van der Waals surface area contributed by atoms with Gasteiger partial charge in [-0.1, -0.05) is 25.9 Å². The van der Waals surface area contributed by atoms with Crippen LogP contribution in [0.2, 0.25) is 0 Å². The van der Waals surface area contributed by atoms with Crippen LogP contribution < -0.4 is 5.73 Å². The topological polar surface area (TPSA) is 64.9 Å². The Bertz CT molecular complexity index is 352. The van der Waals surface area contributed by atoms with E-state index in [0.717, 1.165) is 19.3 Å². The van der Waals surface area contributed by atoms with E-state index in [2.05, 4.69) is 30.9 Å². The minimum atomic E-state index is -0.306. The van der Waals surface area contributed by atoms with Crippen LogP contribution in [0.5, 0.6) is 0 Å². The lowest BCUT2D eigenvalue weighted by atomic mass is 9.77. The Labute approximate surface area is 102 Å². The van der Waals surface area contributed by atoms with E-state index < -0.39 is 0 Å². The summed E-state index contributed by atoms with van der Waals surface area (Å²) in [4.78, 5) is 4.39. The lowest BCUT2D eigenvalue weighted by Crippen LogP contribution is -2.44. The molecule has 92 valence electrons. The monoisotopic (exact) mass is 245 g/mol. The Balaban J connectivity index is 0.00000128. The number of nitrogens with two attached hydrogens (primary N) is 1. The maximum absolute atomic E-state index is 6.12. The first-order valence-corrected chi connectivity index (χ1v) is 5.51. The molecule has 1 aromatic heterocycles. The predicted molar refractivity (Wildman–Crippen MR) is 64.4 cm³/mol. The van der Waals surface area contributed by atoms with Crippen molar-refractivity contribution in [2.24, 2.45) is 11.1 Å². The van der Waals surface area contributed by atoms with Crippen LogP contribution in [0.15, 0.2) is 4.52 Å². The zero-order valence-corrected chi connectivity index (χ0v) is 10.9. The Morgan fingerprint density at radius 3 is 2.44 bits per heavy atom. The summed E-state index contributed by atoms with van der Waals surface area (Å²) in [6.45, 7) is 6.45. The van der Waals surface area contributed by atoms with Crippen LogP contribution in [0.1, 0.15) is 51.7 Å². The molecule has 1 aliphatic rings. The van der Waals surface area contributed by atoms with Crippen LogP contribution in [-0.2, 0) is 12.0 Å². The summed E-state index contributed by atoms with van der Waals surface area (Å²) < 4.78 is 5.22. The number of rotatable bonds is 2. The zero-order chi connectivity index (χ0) is 11.1. The molecular weight excluding hydrogens is 226 g/mol. The van der Waals surface area contributed by atoms with Crippen molar-refractivity contribution in [3.05, 3.63) is 11.7 Å². The predicted octanol–water partition coefficient (Wildman–Crippen LogP) is 2.42. The Hall–Kier alpha value is -0.610. The maximum atomic E-state index is 6.12. The summed E-state index contributed by atoms with van der Waals surface area (Å²) in [6, 6.07) is 0. The van der Waals surface area contributed by atoms with E-state index in [1.54, 1.807) is 0 Å². The second-order valence-electron chi connectivity index (χ2n) is 5.76. The molecule has 0 bridgehead atoms. The third-order valence-corrected chi connectivity index (χ3v) is 2.84. The molecule has 1 aromatic rings. The SMILES string of the molecule is CC(C)(C)Cc1nc(C2(N)CCC2)no1.Cl. The van der Waals surface area contributed by atoms with E-state index in [-0.39, 0.29) is 23.4 Å². The number of hydrogen-bond donors (Lipinski definition) is 1. The lowest BCUT2D eigenvalue weighted by Gasteiger charge is -2.34. The van der Waals surface area contributed by atoms with Gasteiger partial charge in [-0.15, -0.1) is 12.4 Å². The fraction of sp³-hybridized carbons (Fsp3) is 0.818. The highest BCUT2D eigenvalue weighted by Crippen LogP contribution is 2.37. The molecule has 1 heterocycles. The molecule has 1 saturated carbocycles. The van der Waals surface area contributed by atoms with Gasteiger partial charge < -0.3 is 10.3 Å². The van der Waals surface area contributed by atoms with Crippen molar-refractivity contribution in [2.75, 3.05) is 0 Å². The van der Waals surface area contributed by atoms with E-state index in [1.807, 2.05) is 0 Å². The van der Waals surface area contributed by atoms with E-state index in [9.17, 15) is 0 Å². The summed E-state index contributed by atoms with van der Waals surface area (Å²) in [6.07, 6.45) is 3.92. The molecule has 5 heteroatoms. The second-order valence-corrected chi connectivity index (χ2v) is 5.76. The Kier molecular flexibility index (Phi) is 3.65. The molecule has 1 aliphatic carbocycles. The zero-order valence-electron chi connectivity index (χ0n) is 10.1. The lowest BCUT2D eigenvalue weighted by molar-refractivity contribution is 0.228. The highest BCUT2D eigenvalue weighted by atomic mass is 35.5. The average Bonchev–Trinajstić information content (AvgIpc) is 2.45. The Morgan fingerprint density at radius 2 is 2.00 bits per heavy atom. The van der Waals surface area contributed by atoms with Gasteiger partial charge in [0.25, 0.3) is 0 Å². The first-order valence-electron chi connectivity index (χ1n) is 5.51. The third-order valence-electron chi connectivity index (χ3n) is 2.84. The molecule has 0 spiro atoms. The molecule has 0 aliphatic heterocycles. The van der Waals surface area contributed by atoms with Gasteiger partial charge in [-0.05, 0) is 24.7 Å². The van der Waals surface area contributed by atoms with Gasteiger partial charge in [0, 0.05) is 6.42 Å². The van der Waals surface area contributed by atoms with Gasteiger partial charge >= 0.3 is 0 Å². The molecule has 2 N–H and O–H groups in total. The van der Waals surface area contributed by atoms with Crippen molar-refractivity contribution in [2.45, 2.75) is 52.0 Å². The molecular formula is C11H20ClN3O. The summed E-state index contributed by atoms with van der Waals surface area (Å²) in [5.74, 6) is 1.39. The minimum absolute atomic E-state index is 0. The largest absolute Gasteiger partial charge is 0.339 e. The van der Waals surface area contributed by atoms with E-state index in [1.165, 1.54) is 6.42 Å². The molecule has 0 atom stereocenters. The van der Waals surface area contributed by atoms with Crippen molar-refractivity contribution in [3.8, 4) is 0 Å². The number of aromatic nitrogens is 2. The molecule has 0 amide bonds. The van der Waals surface area contributed by atoms with Gasteiger partial charge in [0.2, 0.25) is 5.89 Å². The van der Waals surface area contributed by atoms with Crippen LogP contribution in [0.3, 0.4) is 0 Å². The molecule has 0 unspecified atom stereocenters. The number of halogens is 1. The second kappa shape index (κ2) is 4.34. The fourth-order valence-corrected chi connectivity index (χ4v) is 1.76. The first kappa shape index (κ1) is 13.5. The minimum Gasteiger partial charge on any atom is -0.339 e. The summed E-state index contributed by atoms with van der Waals surface area (Å²) in [7, 11) is 0. The van der Waals surface area contributed by atoms with Crippen LogP contribution in [0.25, 0.3) is 0 Å². The van der Waals surface area contributed by atoms with Crippen molar-refractivity contribution >= 4 is 12.4 Å².